The van der Waals surface area contributed by atoms with Gasteiger partial charge in [-0.1, -0.05) is 12.1 Å². The molecule has 0 atom stereocenters. The first-order valence-electron chi connectivity index (χ1n) is 6.17. The number of aromatic hydroxyl groups is 1. The van der Waals surface area contributed by atoms with Crippen LogP contribution in [0, 0.1) is 6.92 Å². The van der Waals surface area contributed by atoms with E-state index in [4.69, 9.17) is 5.73 Å². The van der Waals surface area contributed by atoms with Gasteiger partial charge < -0.3 is 15.8 Å². The molecule has 1 aromatic carbocycles. The van der Waals surface area contributed by atoms with Crippen LogP contribution in [0.15, 0.2) is 18.2 Å². The van der Waals surface area contributed by atoms with E-state index in [2.05, 4.69) is 11.9 Å². The van der Waals surface area contributed by atoms with Crippen LogP contribution in [0.4, 0.5) is 0 Å². The largest absolute Gasteiger partial charge is 0.506 e. The molecule has 17 heavy (non-hydrogen) atoms. The summed E-state index contributed by atoms with van der Waals surface area (Å²) in [5, 5.41) is 10.9. The Morgan fingerprint density at radius 2 is 2.18 bits per heavy atom. The summed E-state index contributed by atoms with van der Waals surface area (Å²) in [6.45, 7) is 2.10. The van der Waals surface area contributed by atoms with Gasteiger partial charge in [0.05, 0.1) is 5.52 Å². The highest BCUT2D eigenvalue weighted by atomic mass is 16.3. The zero-order chi connectivity index (χ0) is 12.0. The lowest BCUT2D eigenvalue weighted by atomic mass is 10.1. The van der Waals surface area contributed by atoms with E-state index in [1.165, 1.54) is 11.3 Å². The van der Waals surface area contributed by atoms with Crippen LogP contribution in [-0.2, 0) is 6.42 Å². The summed E-state index contributed by atoms with van der Waals surface area (Å²) in [6, 6.07) is 5.64. The predicted molar refractivity (Wildman–Crippen MR) is 69.2 cm³/mol. The lowest BCUT2D eigenvalue weighted by Gasteiger charge is -2.07. The Balaban J connectivity index is 1.94. The molecule has 0 amide bonds. The zero-order valence-electron chi connectivity index (χ0n) is 10.1. The molecule has 0 saturated heterocycles. The molecule has 3 rings (SSSR count). The number of aromatic nitrogens is 1. The second-order valence-corrected chi connectivity index (χ2v) is 5.29. The van der Waals surface area contributed by atoms with Crippen LogP contribution < -0.4 is 5.73 Å². The van der Waals surface area contributed by atoms with Crippen LogP contribution in [0.3, 0.4) is 0 Å². The molecule has 4 N–H and O–H groups in total. The van der Waals surface area contributed by atoms with E-state index in [-0.39, 0.29) is 5.54 Å². The standard InChI is InChI=1S/C14H18N2O/c1-9-10-3-2-4-12(17)13(10)16-11(9)5-6-14(15)7-8-14/h2-4,16-17H,5-8,15H2,1H3. The van der Waals surface area contributed by atoms with Crippen LogP contribution in [0.2, 0.25) is 0 Å². The van der Waals surface area contributed by atoms with E-state index in [1.54, 1.807) is 6.07 Å². The van der Waals surface area contributed by atoms with E-state index >= 15 is 0 Å². The molecule has 1 aliphatic carbocycles. The van der Waals surface area contributed by atoms with Crippen molar-refractivity contribution in [1.82, 2.24) is 4.98 Å². The Labute approximate surface area is 101 Å². The second kappa shape index (κ2) is 3.50. The van der Waals surface area contributed by atoms with Crippen LogP contribution >= 0.6 is 0 Å². The fourth-order valence-electron chi connectivity index (χ4n) is 2.43. The molecule has 1 fully saturated rings. The van der Waals surface area contributed by atoms with Gasteiger partial charge in [0.1, 0.15) is 5.75 Å². The van der Waals surface area contributed by atoms with Crippen molar-refractivity contribution in [3.05, 3.63) is 29.5 Å². The molecule has 0 bridgehead atoms. The summed E-state index contributed by atoms with van der Waals surface area (Å²) < 4.78 is 0. The zero-order valence-corrected chi connectivity index (χ0v) is 10.1. The van der Waals surface area contributed by atoms with Crippen molar-refractivity contribution in [2.75, 3.05) is 0 Å². The molecule has 3 nitrogen and oxygen atoms in total. The molecule has 0 radical (unpaired) electrons. The fraction of sp³-hybridized carbons (Fsp3) is 0.429. The van der Waals surface area contributed by atoms with Gasteiger partial charge in [0.2, 0.25) is 0 Å². The molecule has 90 valence electrons. The number of rotatable bonds is 3. The molecule has 0 unspecified atom stereocenters. The lowest BCUT2D eigenvalue weighted by Crippen LogP contribution is -2.22. The van der Waals surface area contributed by atoms with Crippen molar-refractivity contribution in [3.63, 3.8) is 0 Å². The number of nitrogens with two attached hydrogens (primary N) is 1. The number of hydrogen-bond donors (Lipinski definition) is 3. The normalized spacial score (nSPS) is 17.5. The minimum atomic E-state index is 0.0891. The van der Waals surface area contributed by atoms with E-state index in [1.807, 2.05) is 12.1 Å². The highest BCUT2D eigenvalue weighted by Crippen LogP contribution is 2.37. The molecule has 0 aliphatic heterocycles. The quantitative estimate of drug-likeness (QED) is 0.759. The van der Waals surface area contributed by atoms with Crippen LogP contribution in [0.1, 0.15) is 30.5 Å². The maximum absolute atomic E-state index is 9.79. The van der Waals surface area contributed by atoms with Crippen molar-refractivity contribution in [3.8, 4) is 5.75 Å². The molecule has 1 heterocycles. The molecule has 2 aromatic rings. The fourth-order valence-corrected chi connectivity index (χ4v) is 2.43. The van der Waals surface area contributed by atoms with Gasteiger partial charge in [0, 0.05) is 16.6 Å². The number of aryl methyl sites for hydroxylation is 2. The van der Waals surface area contributed by atoms with Crippen LogP contribution in [-0.4, -0.2) is 15.6 Å². The van der Waals surface area contributed by atoms with Crippen molar-refractivity contribution >= 4 is 10.9 Å². The highest BCUT2D eigenvalue weighted by Gasteiger charge is 2.37. The molecular weight excluding hydrogens is 212 g/mol. The Morgan fingerprint density at radius 1 is 1.41 bits per heavy atom. The Hall–Kier alpha value is -1.48. The first kappa shape index (κ1) is 10.7. The Morgan fingerprint density at radius 3 is 2.82 bits per heavy atom. The summed E-state index contributed by atoms with van der Waals surface area (Å²) in [5.41, 5.74) is 9.49. The minimum absolute atomic E-state index is 0.0891. The molecule has 1 aliphatic rings. The second-order valence-electron chi connectivity index (χ2n) is 5.29. The first-order chi connectivity index (χ1) is 8.09. The third-order valence-corrected chi connectivity index (χ3v) is 3.94. The van der Waals surface area contributed by atoms with Crippen molar-refractivity contribution < 1.29 is 5.11 Å². The van der Waals surface area contributed by atoms with Gasteiger partial charge in [-0.05, 0) is 44.2 Å². The highest BCUT2D eigenvalue weighted by molar-refractivity contribution is 5.89. The van der Waals surface area contributed by atoms with E-state index < -0.39 is 0 Å². The summed E-state index contributed by atoms with van der Waals surface area (Å²) in [5.74, 6) is 0.325. The third kappa shape index (κ3) is 1.80. The van der Waals surface area contributed by atoms with Crippen LogP contribution in [0.5, 0.6) is 5.75 Å². The number of H-pyrrole nitrogens is 1. The van der Waals surface area contributed by atoms with Gasteiger partial charge in [-0.3, -0.25) is 0 Å². The van der Waals surface area contributed by atoms with E-state index in [0.717, 1.165) is 36.6 Å². The summed E-state index contributed by atoms with van der Waals surface area (Å²) in [4.78, 5) is 3.33. The molecular formula is C14H18N2O. The SMILES string of the molecule is Cc1c(CCC2(N)CC2)[nH]c2c(O)cccc12. The van der Waals surface area contributed by atoms with Gasteiger partial charge in [-0.2, -0.15) is 0 Å². The summed E-state index contributed by atoms with van der Waals surface area (Å²) >= 11 is 0. The first-order valence-corrected chi connectivity index (χ1v) is 6.17. The van der Waals surface area contributed by atoms with Gasteiger partial charge in [0.25, 0.3) is 0 Å². The maximum atomic E-state index is 9.79. The average Bonchev–Trinajstić information content (AvgIpc) is 2.95. The molecule has 3 heteroatoms. The number of hydrogen-bond acceptors (Lipinski definition) is 2. The minimum Gasteiger partial charge on any atom is -0.506 e. The monoisotopic (exact) mass is 230 g/mol. The number of phenolic OH excluding ortho intramolecular Hbond substituents is 1. The van der Waals surface area contributed by atoms with Crippen LogP contribution in [0.25, 0.3) is 10.9 Å². The van der Waals surface area contributed by atoms with Gasteiger partial charge in [-0.25, -0.2) is 0 Å². The van der Waals surface area contributed by atoms with E-state index in [0.29, 0.717) is 5.75 Å². The molecule has 1 saturated carbocycles. The number of benzene rings is 1. The van der Waals surface area contributed by atoms with Gasteiger partial charge in [0.15, 0.2) is 0 Å². The topological polar surface area (TPSA) is 62.0 Å². The smallest absolute Gasteiger partial charge is 0.139 e. The number of nitrogens with one attached hydrogen (secondary N) is 1. The van der Waals surface area contributed by atoms with Crippen molar-refractivity contribution in [2.24, 2.45) is 5.73 Å². The van der Waals surface area contributed by atoms with Crippen molar-refractivity contribution in [1.29, 1.82) is 0 Å². The third-order valence-electron chi connectivity index (χ3n) is 3.94. The molecule has 0 spiro atoms. The number of para-hydroxylation sites is 1. The Kier molecular flexibility index (Phi) is 2.20. The lowest BCUT2D eigenvalue weighted by molar-refractivity contribution is 0.480. The van der Waals surface area contributed by atoms with Gasteiger partial charge >= 0.3 is 0 Å². The number of aromatic amines is 1. The predicted octanol–water partition coefficient (Wildman–Crippen LogP) is 2.61. The van der Waals surface area contributed by atoms with Crippen molar-refractivity contribution in [2.45, 2.75) is 38.1 Å². The summed E-state index contributed by atoms with van der Waals surface area (Å²) in [7, 11) is 0. The Bertz CT molecular complexity index is 567. The van der Waals surface area contributed by atoms with Gasteiger partial charge in [-0.15, -0.1) is 0 Å². The maximum Gasteiger partial charge on any atom is 0.139 e. The summed E-state index contributed by atoms with van der Waals surface area (Å²) in [6.07, 6.45) is 4.30. The number of fused-ring (bicyclic) bond motifs is 1. The number of phenols is 1. The average molecular weight is 230 g/mol. The van der Waals surface area contributed by atoms with E-state index in [9.17, 15) is 5.11 Å². The molecule has 1 aromatic heterocycles.